The zero-order valence-corrected chi connectivity index (χ0v) is 16.6. The Morgan fingerprint density at radius 1 is 0.900 bits per heavy atom. The van der Waals surface area contributed by atoms with Gasteiger partial charge in [-0.15, -0.1) is 0 Å². The van der Waals surface area contributed by atoms with E-state index in [0.717, 1.165) is 16.0 Å². The molecule has 0 atom stereocenters. The van der Waals surface area contributed by atoms with Gasteiger partial charge in [0.25, 0.3) is 17.7 Å². The fraction of sp³-hybridized carbons (Fsp3) is 0.125. The summed E-state index contributed by atoms with van der Waals surface area (Å²) in [6.07, 6.45) is 0. The Kier molecular flexibility index (Phi) is 5.06. The van der Waals surface area contributed by atoms with Gasteiger partial charge in [-0.1, -0.05) is 29.8 Å². The van der Waals surface area contributed by atoms with Crippen molar-refractivity contribution in [2.24, 2.45) is 0 Å². The van der Waals surface area contributed by atoms with Gasteiger partial charge in [0.2, 0.25) is 0 Å². The van der Waals surface area contributed by atoms with Crippen molar-refractivity contribution in [2.75, 3.05) is 16.8 Å². The van der Waals surface area contributed by atoms with E-state index in [1.165, 1.54) is 0 Å². The number of aryl methyl sites for hydroxylation is 2. The number of rotatable bonds is 5. The first-order valence-corrected chi connectivity index (χ1v) is 9.52. The highest BCUT2D eigenvalue weighted by Crippen LogP contribution is 2.29. The molecule has 0 unspecified atom stereocenters. The second-order valence-corrected chi connectivity index (χ2v) is 7.14. The van der Waals surface area contributed by atoms with Crippen LogP contribution < -0.4 is 15.0 Å². The number of imide groups is 1. The maximum Gasteiger partial charge on any atom is 0.266 e. The van der Waals surface area contributed by atoms with Crippen LogP contribution in [0.25, 0.3) is 0 Å². The van der Waals surface area contributed by atoms with Crippen molar-refractivity contribution in [3.63, 3.8) is 0 Å². The van der Waals surface area contributed by atoms with E-state index in [1.807, 2.05) is 32.0 Å². The largest absolute Gasteiger partial charge is 0.483 e. The molecule has 0 radical (unpaired) electrons. The lowest BCUT2D eigenvalue weighted by atomic mass is 10.1. The van der Waals surface area contributed by atoms with Crippen molar-refractivity contribution in [1.82, 2.24) is 0 Å². The fourth-order valence-corrected chi connectivity index (χ4v) is 3.42. The third-order valence-corrected chi connectivity index (χ3v) is 4.89. The molecule has 3 aromatic carbocycles. The lowest BCUT2D eigenvalue weighted by Gasteiger charge is -2.15. The number of nitrogens with zero attached hydrogens (tertiary/aromatic N) is 1. The summed E-state index contributed by atoms with van der Waals surface area (Å²) in [5.41, 5.74) is 3.87. The molecule has 4 rings (SSSR count). The van der Waals surface area contributed by atoms with Gasteiger partial charge in [-0.3, -0.25) is 14.4 Å². The first-order chi connectivity index (χ1) is 14.4. The summed E-state index contributed by atoms with van der Waals surface area (Å²) in [6, 6.07) is 19.0. The number of ether oxygens (including phenoxy) is 1. The fourth-order valence-electron chi connectivity index (χ4n) is 3.42. The molecular weight excluding hydrogens is 380 g/mol. The van der Waals surface area contributed by atoms with E-state index in [1.54, 1.807) is 48.5 Å². The van der Waals surface area contributed by atoms with Crippen molar-refractivity contribution in [3.05, 3.63) is 89.0 Å². The first kappa shape index (κ1) is 19.4. The Hall–Kier alpha value is -3.93. The maximum atomic E-state index is 12.6. The Balaban J connectivity index is 1.40. The summed E-state index contributed by atoms with van der Waals surface area (Å²) in [5.74, 6) is -0.344. The van der Waals surface area contributed by atoms with E-state index in [4.69, 9.17) is 4.74 Å². The zero-order chi connectivity index (χ0) is 21.3. The summed E-state index contributed by atoms with van der Waals surface area (Å²) in [7, 11) is 0. The number of benzene rings is 3. The molecule has 0 bridgehead atoms. The van der Waals surface area contributed by atoms with Crippen molar-refractivity contribution >= 4 is 29.1 Å². The van der Waals surface area contributed by atoms with Crippen LogP contribution in [0, 0.1) is 13.8 Å². The van der Waals surface area contributed by atoms with Gasteiger partial charge in [0.15, 0.2) is 6.61 Å². The Morgan fingerprint density at radius 2 is 1.53 bits per heavy atom. The number of anilines is 2. The summed E-state index contributed by atoms with van der Waals surface area (Å²) in [5, 5.41) is 2.75. The molecule has 0 aromatic heterocycles. The number of carbonyl (C=O) groups is 3. The van der Waals surface area contributed by atoms with Crippen molar-refractivity contribution in [2.45, 2.75) is 13.8 Å². The summed E-state index contributed by atoms with van der Waals surface area (Å²) in [4.78, 5) is 38.5. The second-order valence-electron chi connectivity index (χ2n) is 7.14. The van der Waals surface area contributed by atoms with Crippen LogP contribution in [0.5, 0.6) is 5.75 Å². The number of nitrogens with one attached hydrogen (secondary N) is 1. The zero-order valence-electron chi connectivity index (χ0n) is 16.6. The van der Waals surface area contributed by atoms with Gasteiger partial charge in [-0.2, -0.15) is 0 Å². The Bertz CT molecular complexity index is 1120. The molecule has 150 valence electrons. The van der Waals surface area contributed by atoms with E-state index >= 15 is 0 Å². The number of amides is 3. The molecule has 1 aliphatic heterocycles. The minimum Gasteiger partial charge on any atom is -0.483 e. The smallest absolute Gasteiger partial charge is 0.266 e. The highest BCUT2D eigenvalue weighted by molar-refractivity contribution is 6.34. The Labute approximate surface area is 174 Å². The molecule has 1 N–H and O–H groups in total. The third kappa shape index (κ3) is 3.67. The van der Waals surface area contributed by atoms with Gasteiger partial charge in [0.1, 0.15) is 5.75 Å². The van der Waals surface area contributed by atoms with Crippen LogP contribution in [0.1, 0.15) is 31.8 Å². The molecule has 3 aromatic rings. The number of hydrogen-bond acceptors (Lipinski definition) is 4. The SMILES string of the molecule is Cc1ccc(OCC(=O)Nc2ccc(N3C(=O)c4ccccc4C3=O)cc2)c(C)c1. The van der Waals surface area contributed by atoms with E-state index in [9.17, 15) is 14.4 Å². The van der Waals surface area contributed by atoms with Crippen LogP contribution in [-0.2, 0) is 4.79 Å². The molecule has 6 heteroatoms. The molecule has 0 saturated heterocycles. The normalized spacial score (nSPS) is 12.7. The molecule has 0 fully saturated rings. The molecule has 6 nitrogen and oxygen atoms in total. The first-order valence-electron chi connectivity index (χ1n) is 9.52. The van der Waals surface area contributed by atoms with Gasteiger partial charge < -0.3 is 10.1 Å². The molecular formula is C24H20N2O4. The predicted octanol–water partition coefficient (Wildman–Crippen LogP) is 4.12. The lowest BCUT2D eigenvalue weighted by Crippen LogP contribution is -2.29. The van der Waals surface area contributed by atoms with Gasteiger partial charge >= 0.3 is 0 Å². The van der Waals surface area contributed by atoms with Crippen LogP contribution in [0.3, 0.4) is 0 Å². The van der Waals surface area contributed by atoms with Gasteiger partial charge in [0, 0.05) is 5.69 Å². The summed E-state index contributed by atoms with van der Waals surface area (Å²) >= 11 is 0. The van der Waals surface area contributed by atoms with E-state index in [-0.39, 0.29) is 24.3 Å². The molecule has 0 saturated carbocycles. The number of fused-ring (bicyclic) bond motifs is 1. The minimum atomic E-state index is -0.353. The second kappa shape index (κ2) is 7.83. The van der Waals surface area contributed by atoms with E-state index < -0.39 is 0 Å². The molecule has 0 spiro atoms. The van der Waals surface area contributed by atoms with Crippen molar-refractivity contribution in [1.29, 1.82) is 0 Å². The highest BCUT2D eigenvalue weighted by atomic mass is 16.5. The topological polar surface area (TPSA) is 75.7 Å². The molecule has 1 aliphatic rings. The van der Waals surface area contributed by atoms with Crippen LogP contribution in [0.4, 0.5) is 11.4 Å². The highest BCUT2D eigenvalue weighted by Gasteiger charge is 2.36. The van der Waals surface area contributed by atoms with Crippen LogP contribution >= 0.6 is 0 Å². The van der Waals surface area contributed by atoms with Gasteiger partial charge in [-0.25, -0.2) is 4.90 Å². The average molecular weight is 400 g/mol. The summed E-state index contributed by atoms with van der Waals surface area (Å²) in [6.45, 7) is 3.80. The minimum absolute atomic E-state index is 0.121. The maximum absolute atomic E-state index is 12.6. The van der Waals surface area contributed by atoms with Crippen molar-refractivity contribution < 1.29 is 19.1 Å². The molecule has 1 heterocycles. The predicted molar refractivity (Wildman–Crippen MR) is 114 cm³/mol. The third-order valence-electron chi connectivity index (χ3n) is 4.89. The molecule has 0 aliphatic carbocycles. The summed E-state index contributed by atoms with van der Waals surface area (Å²) < 4.78 is 5.59. The molecule has 30 heavy (non-hydrogen) atoms. The monoisotopic (exact) mass is 400 g/mol. The average Bonchev–Trinajstić information content (AvgIpc) is 2.99. The van der Waals surface area contributed by atoms with E-state index in [2.05, 4.69) is 5.32 Å². The van der Waals surface area contributed by atoms with E-state index in [0.29, 0.717) is 28.3 Å². The lowest BCUT2D eigenvalue weighted by molar-refractivity contribution is -0.118. The van der Waals surface area contributed by atoms with Gasteiger partial charge in [-0.05, 0) is 61.9 Å². The Morgan fingerprint density at radius 3 is 2.13 bits per heavy atom. The van der Waals surface area contributed by atoms with Crippen LogP contribution in [0.15, 0.2) is 66.7 Å². The quantitative estimate of drug-likeness (QED) is 0.654. The number of hydrogen-bond donors (Lipinski definition) is 1. The van der Waals surface area contributed by atoms with Crippen LogP contribution in [0.2, 0.25) is 0 Å². The number of carbonyl (C=O) groups excluding carboxylic acids is 3. The van der Waals surface area contributed by atoms with Gasteiger partial charge in [0.05, 0.1) is 16.8 Å². The molecule has 3 amide bonds. The van der Waals surface area contributed by atoms with Crippen molar-refractivity contribution in [3.8, 4) is 5.75 Å². The van der Waals surface area contributed by atoms with Crippen LogP contribution in [-0.4, -0.2) is 24.3 Å². The standard InChI is InChI=1S/C24H20N2O4/c1-15-7-12-21(16(2)13-15)30-14-22(27)25-17-8-10-18(11-9-17)26-23(28)19-5-3-4-6-20(19)24(26)29/h3-13H,14H2,1-2H3,(H,25,27).